The Kier molecular flexibility index (Phi) is 3.50. The summed E-state index contributed by atoms with van der Waals surface area (Å²) in [5.41, 5.74) is 7.08. The van der Waals surface area contributed by atoms with Crippen molar-refractivity contribution in [1.82, 2.24) is 19.4 Å². The number of hydrogen-bond acceptors (Lipinski definition) is 6. The van der Waals surface area contributed by atoms with Crippen molar-refractivity contribution < 1.29 is 0 Å². The third-order valence-corrected chi connectivity index (χ3v) is 4.32. The maximum atomic E-state index is 5.93. The van der Waals surface area contributed by atoms with Gasteiger partial charge in [-0.1, -0.05) is 0 Å². The van der Waals surface area contributed by atoms with Crippen molar-refractivity contribution in [2.45, 2.75) is 29.4 Å². The second-order valence-electron chi connectivity index (χ2n) is 4.25. The summed E-state index contributed by atoms with van der Waals surface area (Å²) in [5.74, 6) is 0. The van der Waals surface area contributed by atoms with Crippen molar-refractivity contribution in [1.29, 1.82) is 0 Å². The monoisotopic (exact) mass is 291 g/mol. The van der Waals surface area contributed by atoms with Crippen LogP contribution in [0.5, 0.6) is 0 Å². The number of aromatic nitrogens is 4. The van der Waals surface area contributed by atoms with Crippen LogP contribution in [0.4, 0.5) is 0 Å². The standard InChI is InChI=1S/C12H13N5S2/c1-8(13)6-9-11(16-12-17(9)4-5-18-12)19-10-2-3-14-7-15-10/h2-5,7-8H,6,13H2,1H3. The topological polar surface area (TPSA) is 69.1 Å². The van der Waals surface area contributed by atoms with E-state index in [4.69, 9.17) is 5.73 Å². The molecule has 5 nitrogen and oxygen atoms in total. The van der Waals surface area contributed by atoms with Crippen molar-refractivity contribution in [3.05, 3.63) is 35.9 Å². The maximum absolute atomic E-state index is 5.93. The van der Waals surface area contributed by atoms with Crippen LogP contribution in [0.25, 0.3) is 4.96 Å². The molecule has 0 saturated heterocycles. The smallest absolute Gasteiger partial charge is 0.194 e. The lowest BCUT2D eigenvalue weighted by Gasteiger charge is -2.06. The third kappa shape index (κ3) is 2.63. The molecule has 1 atom stereocenters. The molecular formula is C12H13N5S2. The summed E-state index contributed by atoms with van der Waals surface area (Å²) in [6.45, 7) is 2.00. The van der Waals surface area contributed by atoms with Crippen molar-refractivity contribution in [2.75, 3.05) is 0 Å². The first-order valence-electron chi connectivity index (χ1n) is 5.88. The molecule has 3 aromatic heterocycles. The molecule has 1 unspecified atom stereocenters. The van der Waals surface area contributed by atoms with Crippen LogP contribution >= 0.6 is 23.1 Å². The lowest BCUT2D eigenvalue weighted by Crippen LogP contribution is -2.19. The summed E-state index contributed by atoms with van der Waals surface area (Å²) in [7, 11) is 0. The Labute approximate surface area is 118 Å². The minimum absolute atomic E-state index is 0.101. The van der Waals surface area contributed by atoms with Crippen LogP contribution in [-0.2, 0) is 6.42 Å². The van der Waals surface area contributed by atoms with Crippen LogP contribution in [-0.4, -0.2) is 25.4 Å². The predicted molar refractivity (Wildman–Crippen MR) is 76.6 cm³/mol. The van der Waals surface area contributed by atoms with E-state index in [2.05, 4.69) is 19.4 Å². The van der Waals surface area contributed by atoms with E-state index in [0.29, 0.717) is 0 Å². The lowest BCUT2D eigenvalue weighted by atomic mass is 10.2. The summed E-state index contributed by atoms with van der Waals surface area (Å²) in [5, 5.41) is 3.90. The van der Waals surface area contributed by atoms with Gasteiger partial charge in [-0.05, 0) is 24.8 Å². The van der Waals surface area contributed by atoms with Crippen LogP contribution in [0.1, 0.15) is 12.6 Å². The number of thiazole rings is 1. The summed E-state index contributed by atoms with van der Waals surface area (Å²) in [6.07, 6.45) is 6.12. The summed E-state index contributed by atoms with van der Waals surface area (Å²) >= 11 is 3.18. The molecule has 0 aliphatic heterocycles. The third-order valence-electron chi connectivity index (χ3n) is 2.60. The molecule has 7 heteroatoms. The molecule has 3 aromatic rings. The van der Waals surface area contributed by atoms with E-state index in [9.17, 15) is 0 Å². The SMILES string of the molecule is CC(N)Cc1c(Sc2ccncn2)nc2sccn12. The predicted octanol–water partition coefficient (Wildman–Crippen LogP) is 2.23. The Balaban J connectivity index is 2.00. The molecule has 0 fully saturated rings. The van der Waals surface area contributed by atoms with Gasteiger partial charge in [-0.25, -0.2) is 15.0 Å². The van der Waals surface area contributed by atoms with Gasteiger partial charge in [-0.15, -0.1) is 11.3 Å². The summed E-state index contributed by atoms with van der Waals surface area (Å²) in [4.78, 5) is 13.8. The van der Waals surface area contributed by atoms with Crippen LogP contribution in [0, 0.1) is 0 Å². The molecule has 0 radical (unpaired) electrons. The zero-order valence-electron chi connectivity index (χ0n) is 10.4. The van der Waals surface area contributed by atoms with Gasteiger partial charge in [0.15, 0.2) is 4.96 Å². The normalized spacial score (nSPS) is 12.9. The van der Waals surface area contributed by atoms with Crippen LogP contribution < -0.4 is 5.73 Å². The Morgan fingerprint density at radius 1 is 1.53 bits per heavy atom. The van der Waals surface area contributed by atoms with Crippen molar-refractivity contribution in [2.24, 2.45) is 5.73 Å². The minimum atomic E-state index is 0.101. The zero-order valence-corrected chi connectivity index (χ0v) is 12.0. The van der Waals surface area contributed by atoms with Gasteiger partial charge >= 0.3 is 0 Å². The van der Waals surface area contributed by atoms with Crippen LogP contribution in [0.15, 0.2) is 40.2 Å². The molecule has 3 heterocycles. The van der Waals surface area contributed by atoms with Gasteiger partial charge in [-0.3, -0.25) is 4.40 Å². The van der Waals surface area contributed by atoms with E-state index in [1.165, 1.54) is 0 Å². The number of imidazole rings is 1. The summed E-state index contributed by atoms with van der Waals surface area (Å²) in [6, 6.07) is 1.98. The lowest BCUT2D eigenvalue weighted by molar-refractivity contribution is 0.706. The average Bonchev–Trinajstić information content (AvgIpc) is 2.94. The number of fused-ring (bicyclic) bond motifs is 1. The van der Waals surface area contributed by atoms with E-state index in [1.807, 2.05) is 24.6 Å². The Morgan fingerprint density at radius 2 is 2.42 bits per heavy atom. The zero-order chi connectivity index (χ0) is 13.2. The first kappa shape index (κ1) is 12.6. The number of rotatable bonds is 4. The van der Waals surface area contributed by atoms with E-state index in [0.717, 1.165) is 27.1 Å². The molecule has 0 aromatic carbocycles. The molecule has 2 N–H and O–H groups in total. The van der Waals surface area contributed by atoms with Gasteiger partial charge in [0.1, 0.15) is 16.4 Å². The molecule has 0 amide bonds. The summed E-state index contributed by atoms with van der Waals surface area (Å²) < 4.78 is 2.11. The fourth-order valence-electron chi connectivity index (χ4n) is 1.82. The van der Waals surface area contributed by atoms with Gasteiger partial charge in [0.2, 0.25) is 0 Å². The molecule has 0 saturated carbocycles. The fraction of sp³-hybridized carbons (Fsp3) is 0.250. The number of nitrogens with zero attached hydrogens (tertiary/aromatic N) is 4. The molecule has 0 bridgehead atoms. The quantitative estimate of drug-likeness (QED) is 0.746. The van der Waals surface area contributed by atoms with Gasteiger partial charge in [0, 0.05) is 30.2 Å². The van der Waals surface area contributed by atoms with E-state index < -0.39 is 0 Å². The largest absolute Gasteiger partial charge is 0.328 e. The maximum Gasteiger partial charge on any atom is 0.194 e. The first-order chi connectivity index (χ1) is 9.24. The molecule has 0 spiro atoms. The highest BCUT2D eigenvalue weighted by atomic mass is 32.2. The average molecular weight is 291 g/mol. The Hall–Kier alpha value is -1.44. The van der Waals surface area contributed by atoms with Gasteiger partial charge in [0.25, 0.3) is 0 Å². The van der Waals surface area contributed by atoms with Crippen LogP contribution in [0.2, 0.25) is 0 Å². The highest BCUT2D eigenvalue weighted by molar-refractivity contribution is 7.99. The number of hydrogen-bond donors (Lipinski definition) is 1. The molecule has 3 rings (SSSR count). The second-order valence-corrected chi connectivity index (χ2v) is 6.13. The second kappa shape index (κ2) is 5.28. The van der Waals surface area contributed by atoms with Crippen LogP contribution in [0.3, 0.4) is 0 Å². The van der Waals surface area contributed by atoms with E-state index in [1.54, 1.807) is 35.6 Å². The molecule has 0 aliphatic carbocycles. The van der Waals surface area contributed by atoms with Gasteiger partial charge in [-0.2, -0.15) is 0 Å². The minimum Gasteiger partial charge on any atom is -0.328 e. The number of nitrogens with two attached hydrogens (primary N) is 1. The molecular weight excluding hydrogens is 278 g/mol. The van der Waals surface area contributed by atoms with Crippen molar-refractivity contribution >= 4 is 28.1 Å². The molecule has 19 heavy (non-hydrogen) atoms. The molecule has 0 aliphatic rings. The Morgan fingerprint density at radius 3 is 3.16 bits per heavy atom. The van der Waals surface area contributed by atoms with E-state index in [-0.39, 0.29) is 6.04 Å². The highest BCUT2D eigenvalue weighted by Crippen LogP contribution is 2.30. The van der Waals surface area contributed by atoms with Gasteiger partial charge in [0.05, 0.1) is 5.69 Å². The first-order valence-corrected chi connectivity index (χ1v) is 7.57. The van der Waals surface area contributed by atoms with Gasteiger partial charge < -0.3 is 5.73 Å². The molecule has 98 valence electrons. The van der Waals surface area contributed by atoms with Crippen molar-refractivity contribution in [3.8, 4) is 0 Å². The Bertz CT molecular complexity index is 674. The van der Waals surface area contributed by atoms with Crippen molar-refractivity contribution in [3.63, 3.8) is 0 Å². The van der Waals surface area contributed by atoms with E-state index >= 15 is 0 Å². The highest BCUT2D eigenvalue weighted by Gasteiger charge is 2.15. The fourth-order valence-corrected chi connectivity index (χ4v) is 3.47.